The summed E-state index contributed by atoms with van der Waals surface area (Å²) in [5, 5.41) is 4.20. The van der Waals surface area contributed by atoms with Crippen LogP contribution in [-0.2, 0) is 0 Å². The number of anilines is 1. The predicted molar refractivity (Wildman–Crippen MR) is 68.9 cm³/mol. The number of rotatable bonds is 2. The average molecular weight is 224 g/mol. The molecule has 0 fully saturated rings. The van der Waals surface area contributed by atoms with E-state index < -0.39 is 0 Å². The summed E-state index contributed by atoms with van der Waals surface area (Å²) in [6, 6.07) is 6.06. The SMILES string of the molecule is CNc1cnc2[nH]cc(-c3cccnc3)c2c1. The van der Waals surface area contributed by atoms with Crippen molar-refractivity contribution in [2.24, 2.45) is 0 Å². The molecule has 0 amide bonds. The van der Waals surface area contributed by atoms with Crippen LogP contribution in [-0.4, -0.2) is 22.0 Å². The van der Waals surface area contributed by atoms with Crippen LogP contribution in [0.2, 0.25) is 0 Å². The zero-order valence-electron chi connectivity index (χ0n) is 9.44. The van der Waals surface area contributed by atoms with Crippen molar-refractivity contribution in [3.63, 3.8) is 0 Å². The summed E-state index contributed by atoms with van der Waals surface area (Å²) in [6.07, 6.45) is 7.41. The molecular formula is C13H12N4. The van der Waals surface area contributed by atoms with E-state index in [1.165, 1.54) is 0 Å². The standard InChI is InChI=1S/C13H12N4/c1-14-10-5-11-12(8-17-13(11)16-7-10)9-3-2-4-15-6-9/h2-8,14H,1H3,(H,16,17). The Bertz CT molecular complexity index is 643. The molecule has 0 aliphatic rings. The Morgan fingerprint density at radius 3 is 3.00 bits per heavy atom. The highest BCUT2D eigenvalue weighted by Crippen LogP contribution is 2.28. The molecule has 3 aromatic rings. The van der Waals surface area contributed by atoms with Gasteiger partial charge in [-0.25, -0.2) is 4.98 Å². The minimum atomic E-state index is 0.892. The number of nitrogens with zero attached hydrogens (tertiary/aromatic N) is 2. The van der Waals surface area contributed by atoms with E-state index in [2.05, 4.69) is 26.3 Å². The first-order chi connectivity index (χ1) is 8.38. The molecule has 3 aromatic heterocycles. The molecule has 17 heavy (non-hydrogen) atoms. The number of fused-ring (bicyclic) bond motifs is 1. The minimum Gasteiger partial charge on any atom is -0.387 e. The number of hydrogen-bond donors (Lipinski definition) is 2. The Morgan fingerprint density at radius 2 is 2.24 bits per heavy atom. The Morgan fingerprint density at radius 1 is 1.29 bits per heavy atom. The quantitative estimate of drug-likeness (QED) is 0.703. The van der Waals surface area contributed by atoms with E-state index in [-0.39, 0.29) is 0 Å². The Balaban J connectivity index is 2.23. The molecule has 0 aromatic carbocycles. The molecule has 2 N–H and O–H groups in total. The van der Waals surface area contributed by atoms with Gasteiger partial charge in [-0.3, -0.25) is 4.98 Å². The van der Waals surface area contributed by atoms with E-state index in [9.17, 15) is 0 Å². The van der Waals surface area contributed by atoms with Crippen molar-refractivity contribution in [2.75, 3.05) is 12.4 Å². The molecule has 0 spiro atoms. The highest BCUT2D eigenvalue weighted by molar-refractivity contribution is 5.94. The number of pyridine rings is 2. The first kappa shape index (κ1) is 9.84. The lowest BCUT2D eigenvalue weighted by atomic mass is 10.1. The zero-order valence-corrected chi connectivity index (χ0v) is 9.44. The molecule has 3 heterocycles. The Labute approximate surface area is 98.7 Å². The van der Waals surface area contributed by atoms with E-state index in [0.717, 1.165) is 27.8 Å². The molecule has 0 aliphatic carbocycles. The van der Waals surface area contributed by atoms with Crippen molar-refractivity contribution in [1.82, 2.24) is 15.0 Å². The van der Waals surface area contributed by atoms with Gasteiger partial charge >= 0.3 is 0 Å². The van der Waals surface area contributed by atoms with Crippen molar-refractivity contribution in [1.29, 1.82) is 0 Å². The Hall–Kier alpha value is -2.36. The summed E-state index contributed by atoms with van der Waals surface area (Å²) in [5.74, 6) is 0. The van der Waals surface area contributed by atoms with Crippen LogP contribution >= 0.6 is 0 Å². The van der Waals surface area contributed by atoms with Crippen LogP contribution in [0.1, 0.15) is 0 Å². The molecule has 0 saturated carbocycles. The maximum Gasteiger partial charge on any atom is 0.138 e. The fourth-order valence-corrected chi connectivity index (χ4v) is 1.90. The van der Waals surface area contributed by atoms with E-state index >= 15 is 0 Å². The molecule has 4 heteroatoms. The first-order valence-corrected chi connectivity index (χ1v) is 5.44. The normalized spacial score (nSPS) is 10.6. The van der Waals surface area contributed by atoms with E-state index in [1.54, 1.807) is 6.20 Å². The number of nitrogens with one attached hydrogen (secondary N) is 2. The molecule has 0 atom stereocenters. The fraction of sp³-hybridized carbons (Fsp3) is 0.0769. The van der Waals surface area contributed by atoms with Crippen molar-refractivity contribution in [3.8, 4) is 11.1 Å². The molecule has 0 aliphatic heterocycles. The predicted octanol–water partition coefficient (Wildman–Crippen LogP) is 2.67. The van der Waals surface area contributed by atoms with Crippen molar-refractivity contribution >= 4 is 16.7 Å². The minimum absolute atomic E-state index is 0.892. The number of aromatic nitrogens is 3. The molecule has 84 valence electrons. The summed E-state index contributed by atoms with van der Waals surface area (Å²) in [4.78, 5) is 11.7. The van der Waals surface area contributed by atoms with Gasteiger partial charge in [0.1, 0.15) is 5.65 Å². The van der Waals surface area contributed by atoms with Gasteiger partial charge < -0.3 is 10.3 Å². The summed E-state index contributed by atoms with van der Waals surface area (Å²) in [7, 11) is 1.89. The first-order valence-electron chi connectivity index (χ1n) is 5.44. The van der Waals surface area contributed by atoms with Crippen LogP contribution in [0.4, 0.5) is 5.69 Å². The second-order valence-corrected chi connectivity index (χ2v) is 3.81. The van der Waals surface area contributed by atoms with Gasteiger partial charge in [0.25, 0.3) is 0 Å². The summed E-state index contributed by atoms with van der Waals surface area (Å²) < 4.78 is 0. The highest BCUT2D eigenvalue weighted by Gasteiger charge is 2.07. The maximum absolute atomic E-state index is 4.36. The number of aromatic amines is 1. The largest absolute Gasteiger partial charge is 0.387 e. The number of H-pyrrole nitrogens is 1. The van der Waals surface area contributed by atoms with Crippen molar-refractivity contribution in [2.45, 2.75) is 0 Å². The molecule has 0 saturated heterocycles. The molecule has 4 nitrogen and oxygen atoms in total. The second kappa shape index (κ2) is 3.90. The summed E-state index contributed by atoms with van der Waals surface area (Å²) in [5.41, 5.74) is 4.11. The monoisotopic (exact) mass is 224 g/mol. The molecule has 0 radical (unpaired) electrons. The van der Waals surface area contributed by atoms with Gasteiger partial charge in [0.05, 0.1) is 11.9 Å². The summed E-state index contributed by atoms with van der Waals surface area (Å²) >= 11 is 0. The summed E-state index contributed by atoms with van der Waals surface area (Å²) in [6.45, 7) is 0. The molecule has 0 bridgehead atoms. The fourth-order valence-electron chi connectivity index (χ4n) is 1.90. The lowest BCUT2D eigenvalue weighted by Crippen LogP contribution is -1.88. The van der Waals surface area contributed by atoms with Crippen molar-refractivity contribution in [3.05, 3.63) is 43.0 Å². The lowest BCUT2D eigenvalue weighted by Gasteiger charge is -2.01. The third-order valence-corrected chi connectivity index (χ3v) is 2.79. The van der Waals surface area contributed by atoms with Crippen LogP contribution in [0.3, 0.4) is 0 Å². The van der Waals surface area contributed by atoms with Gasteiger partial charge in [-0.05, 0) is 12.1 Å². The topological polar surface area (TPSA) is 53.6 Å². The molecule has 0 unspecified atom stereocenters. The molecule has 3 rings (SSSR count). The van der Waals surface area contributed by atoms with Crippen LogP contribution in [0.5, 0.6) is 0 Å². The van der Waals surface area contributed by atoms with Gasteiger partial charge in [0, 0.05) is 42.2 Å². The lowest BCUT2D eigenvalue weighted by molar-refractivity contribution is 1.31. The van der Waals surface area contributed by atoms with Crippen LogP contribution < -0.4 is 5.32 Å². The highest BCUT2D eigenvalue weighted by atomic mass is 14.9. The van der Waals surface area contributed by atoms with Gasteiger partial charge in [0.2, 0.25) is 0 Å². The Kier molecular flexibility index (Phi) is 2.26. The third-order valence-electron chi connectivity index (χ3n) is 2.79. The van der Waals surface area contributed by atoms with Crippen LogP contribution in [0.25, 0.3) is 22.2 Å². The van der Waals surface area contributed by atoms with Crippen LogP contribution in [0.15, 0.2) is 43.0 Å². The number of hydrogen-bond acceptors (Lipinski definition) is 3. The van der Waals surface area contributed by atoms with Gasteiger partial charge in [-0.2, -0.15) is 0 Å². The van der Waals surface area contributed by atoms with E-state index in [1.807, 2.05) is 37.8 Å². The van der Waals surface area contributed by atoms with E-state index in [0.29, 0.717) is 0 Å². The zero-order chi connectivity index (χ0) is 11.7. The third kappa shape index (κ3) is 1.63. The van der Waals surface area contributed by atoms with E-state index in [4.69, 9.17) is 0 Å². The van der Waals surface area contributed by atoms with Gasteiger partial charge in [-0.15, -0.1) is 0 Å². The van der Waals surface area contributed by atoms with Crippen LogP contribution in [0, 0.1) is 0 Å². The second-order valence-electron chi connectivity index (χ2n) is 3.81. The average Bonchev–Trinajstić information content (AvgIpc) is 2.82. The van der Waals surface area contributed by atoms with Gasteiger partial charge in [-0.1, -0.05) is 6.07 Å². The maximum atomic E-state index is 4.36. The smallest absolute Gasteiger partial charge is 0.138 e. The molecular weight excluding hydrogens is 212 g/mol. The van der Waals surface area contributed by atoms with Gasteiger partial charge in [0.15, 0.2) is 0 Å². The van der Waals surface area contributed by atoms with Crippen molar-refractivity contribution < 1.29 is 0 Å².